The van der Waals surface area contributed by atoms with E-state index in [9.17, 15) is 26.3 Å². The molecule has 0 aromatic heterocycles. The molecule has 0 amide bonds. The highest BCUT2D eigenvalue weighted by Crippen LogP contribution is 2.41. The zero-order valence-corrected chi connectivity index (χ0v) is 15.1. The summed E-state index contributed by atoms with van der Waals surface area (Å²) >= 11 is 1.39. The number of benzene rings is 2. The van der Waals surface area contributed by atoms with Crippen LogP contribution in [-0.2, 0) is 0 Å². The van der Waals surface area contributed by atoms with Crippen molar-refractivity contribution >= 4 is 11.8 Å². The predicted molar refractivity (Wildman–Crippen MR) is 90.7 cm³/mol. The quantitative estimate of drug-likeness (QED) is 0.476. The minimum Gasteiger partial charge on any atom is -0.406 e. The lowest BCUT2D eigenvalue weighted by Gasteiger charge is -2.19. The molecule has 2 atom stereocenters. The second-order valence-electron chi connectivity index (χ2n) is 5.66. The van der Waals surface area contributed by atoms with E-state index in [0.29, 0.717) is 11.1 Å². The maximum Gasteiger partial charge on any atom is 0.573 e. The Morgan fingerprint density at radius 3 is 1.41 bits per heavy atom. The summed E-state index contributed by atoms with van der Waals surface area (Å²) in [6.07, 6.45) is -9.55. The highest BCUT2D eigenvalue weighted by atomic mass is 32.2. The fraction of sp³-hybridized carbons (Fsp3) is 0.333. The van der Waals surface area contributed by atoms with E-state index in [2.05, 4.69) is 9.47 Å². The number of thioether (sulfide) groups is 1. The third-order valence-electron chi connectivity index (χ3n) is 3.53. The van der Waals surface area contributed by atoms with Crippen molar-refractivity contribution in [1.29, 1.82) is 0 Å². The van der Waals surface area contributed by atoms with Crippen LogP contribution in [0, 0.1) is 0 Å². The lowest BCUT2D eigenvalue weighted by atomic mass is 10.1. The fourth-order valence-electron chi connectivity index (χ4n) is 2.39. The Balaban J connectivity index is 2.08. The van der Waals surface area contributed by atoms with Gasteiger partial charge in [0, 0.05) is 10.5 Å². The Bertz CT molecular complexity index is 697. The second kappa shape index (κ2) is 8.33. The van der Waals surface area contributed by atoms with Crippen LogP contribution in [0.2, 0.25) is 0 Å². The predicted octanol–water partition coefficient (Wildman–Crippen LogP) is 7.04. The molecule has 2 nitrogen and oxygen atoms in total. The van der Waals surface area contributed by atoms with Crippen LogP contribution in [0.25, 0.3) is 0 Å². The molecule has 0 bridgehead atoms. The molecule has 0 aliphatic heterocycles. The van der Waals surface area contributed by atoms with Gasteiger partial charge in [0.2, 0.25) is 0 Å². The molecule has 0 saturated heterocycles. The van der Waals surface area contributed by atoms with Crippen LogP contribution < -0.4 is 9.47 Å². The van der Waals surface area contributed by atoms with Gasteiger partial charge in [-0.1, -0.05) is 24.3 Å². The van der Waals surface area contributed by atoms with E-state index >= 15 is 0 Å². The van der Waals surface area contributed by atoms with Gasteiger partial charge in [0.15, 0.2) is 0 Å². The molecule has 2 aromatic carbocycles. The Morgan fingerprint density at radius 1 is 0.704 bits per heavy atom. The van der Waals surface area contributed by atoms with Crippen LogP contribution in [-0.4, -0.2) is 12.7 Å². The summed E-state index contributed by atoms with van der Waals surface area (Å²) in [7, 11) is 0. The van der Waals surface area contributed by atoms with Gasteiger partial charge in [-0.15, -0.1) is 38.1 Å². The van der Waals surface area contributed by atoms with E-state index in [4.69, 9.17) is 0 Å². The molecular formula is C18H16F6O2S. The smallest absolute Gasteiger partial charge is 0.406 e. The molecule has 0 aliphatic rings. The summed E-state index contributed by atoms with van der Waals surface area (Å²) in [6, 6.07) is 11.2. The fourth-order valence-corrected chi connectivity index (χ4v) is 3.61. The number of alkyl halides is 6. The van der Waals surface area contributed by atoms with Crippen LogP contribution in [0.4, 0.5) is 26.3 Å². The molecule has 0 spiro atoms. The number of halogens is 6. The van der Waals surface area contributed by atoms with Gasteiger partial charge in [0.1, 0.15) is 11.5 Å². The van der Waals surface area contributed by atoms with Crippen LogP contribution in [0.1, 0.15) is 35.5 Å². The van der Waals surface area contributed by atoms with Crippen molar-refractivity contribution in [2.45, 2.75) is 37.1 Å². The van der Waals surface area contributed by atoms with Crippen molar-refractivity contribution in [3.63, 3.8) is 0 Å². The van der Waals surface area contributed by atoms with Crippen LogP contribution in [0.5, 0.6) is 11.5 Å². The summed E-state index contributed by atoms with van der Waals surface area (Å²) in [5.41, 5.74) is 1.22. The third-order valence-corrected chi connectivity index (χ3v) is 4.89. The van der Waals surface area contributed by atoms with Crippen molar-refractivity contribution < 1.29 is 35.8 Å². The molecule has 9 heteroatoms. The van der Waals surface area contributed by atoms with Gasteiger partial charge in [0.25, 0.3) is 0 Å². The number of rotatable bonds is 6. The van der Waals surface area contributed by atoms with Crippen molar-refractivity contribution in [3.8, 4) is 11.5 Å². The molecule has 0 heterocycles. The summed E-state index contributed by atoms with van der Waals surface area (Å²) in [6.45, 7) is 3.59. The van der Waals surface area contributed by atoms with Gasteiger partial charge in [-0.05, 0) is 49.2 Å². The standard InChI is InChI=1S/C18H16F6O2S/c1-11(13-5-3-7-15(9-13)25-17(19,20)21)27-12(2)14-6-4-8-16(10-14)26-18(22,23)24/h3-12H,1-2H3. The van der Waals surface area contributed by atoms with Crippen LogP contribution in [0.15, 0.2) is 48.5 Å². The molecule has 27 heavy (non-hydrogen) atoms. The molecule has 0 radical (unpaired) electrons. The Kier molecular flexibility index (Phi) is 6.56. The molecule has 2 aromatic rings. The van der Waals surface area contributed by atoms with Gasteiger partial charge in [-0.25, -0.2) is 0 Å². The first-order valence-electron chi connectivity index (χ1n) is 7.80. The molecular weight excluding hydrogens is 394 g/mol. The largest absolute Gasteiger partial charge is 0.573 e. The van der Waals surface area contributed by atoms with Crippen LogP contribution >= 0.6 is 11.8 Å². The average Bonchev–Trinajstić information content (AvgIpc) is 2.52. The SMILES string of the molecule is CC(SC(C)c1cccc(OC(F)(F)F)c1)c1cccc(OC(F)(F)F)c1. The molecule has 2 rings (SSSR count). The maximum atomic E-state index is 12.3. The van der Waals surface area contributed by atoms with E-state index in [1.165, 1.54) is 48.2 Å². The lowest BCUT2D eigenvalue weighted by Crippen LogP contribution is -2.17. The molecule has 0 saturated carbocycles. The van der Waals surface area contributed by atoms with Crippen molar-refractivity contribution in [3.05, 3.63) is 59.7 Å². The van der Waals surface area contributed by atoms with Gasteiger partial charge in [0.05, 0.1) is 0 Å². The summed E-state index contributed by atoms with van der Waals surface area (Å²) in [5, 5.41) is -0.437. The van der Waals surface area contributed by atoms with Gasteiger partial charge in [-0.3, -0.25) is 0 Å². The van der Waals surface area contributed by atoms with Crippen molar-refractivity contribution in [1.82, 2.24) is 0 Å². The number of hydrogen-bond donors (Lipinski definition) is 0. The van der Waals surface area contributed by atoms with E-state index in [1.807, 2.05) is 0 Å². The highest BCUT2D eigenvalue weighted by Gasteiger charge is 2.32. The Morgan fingerprint density at radius 2 is 1.07 bits per heavy atom. The van der Waals surface area contributed by atoms with E-state index in [1.54, 1.807) is 26.0 Å². The molecule has 0 N–H and O–H groups in total. The third kappa shape index (κ3) is 7.24. The normalized spacial score (nSPS) is 14.5. The Labute approximate surface area is 156 Å². The molecule has 0 fully saturated rings. The Hall–Kier alpha value is -2.03. The minimum atomic E-state index is -4.78. The first-order valence-corrected chi connectivity index (χ1v) is 8.74. The second-order valence-corrected chi connectivity index (χ2v) is 7.35. The van der Waals surface area contributed by atoms with Gasteiger partial charge < -0.3 is 9.47 Å². The van der Waals surface area contributed by atoms with E-state index < -0.39 is 12.7 Å². The van der Waals surface area contributed by atoms with E-state index in [0.717, 1.165) is 0 Å². The minimum absolute atomic E-state index is 0.219. The first kappa shape index (κ1) is 21.3. The van der Waals surface area contributed by atoms with Crippen molar-refractivity contribution in [2.75, 3.05) is 0 Å². The molecule has 148 valence electrons. The van der Waals surface area contributed by atoms with Gasteiger partial charge >= 0.3 is 12.7 Å². The van der Waals surface area contributed by atoms with Crippen LogP contribution in [0.3, 0.4) is 0 Å². The number of hydrogen-bond acceptors (Lipinski definition) is 3. The summed E-state index contributed by atoms with van der Waals surface area (Å²) < 4.78 is 81.9. The topological polar surface area (TPSA) is 18.5 Å². The summed E-state index contributed by atoms with van der Waals surface area (Å²) in [5.74, 6) is -0.638. The maximum absolute atomic E-state index is 12.3. The molecule has 2 unspecified atom stereocenters. The monoisotopic (exact) mass is 410 g/mol. The summed E-state index contributed by atoms with van der Waals surface area (Å²) in [4.78, 5) is 0. The van der Waals surface area contributed by atoms with E-state index in [-0.39, 0.29) is 22.0 Å². The molecule has 0 aliphatic carbocycles. The van der Waals surface area contributed by atoms with Gasteiger partial charge in [-0.2, -0.15) is 0 Å². The zero-order chi connectivity index (χ0) is 20.2. The zero-order valence-electron chi connectivity index (χ0n) is 14.3. The highest BCUT2D eigenvalue weighted by molar-refractivity contribution is 7.99. The average molecular weight is 410 g/mol. The van der Waals surface area contributed by atoms with Crippen molar-refractivity contribution in [2.24, 2.45) is 0 Å². The first-order chi connectivity index (χ1) is 12.4. The number of ether oxygens (including phenoxy) is 2. The lowest BCUT2D eigenvalue weighted by molar-refractivity contribution is -0.275.